The van der Waals surface area contributed by atoms with E-state index in [1.54, 1.807) is 13.2 Å². The standard InChI is InChI=1S/C13H16N4O2.ClH/c1-3-7-19-12-10(5-4-6-11(12)18-2)8-14-13-15-9-16-17-13;/h3-6,9H,1,7-8H2,2H3,(H2,14,15,16,17);1H. The van der Waals surface area contributed by atoms with Crippen molar-refractivity contribution < 1.29 is 9.47 Å². The smallest absolute Gasteiger partial charge is 0.218 e. The Hall–Kier alpha value is -2.21. The van der Waals surface area contributed by atoms with Crippen LogP contribution in [-0.2, 0) is 6.54 Å². The molecule has 7 heteroatoms. The molecule has 0 saturated heterocycles. The van der Waals surface area contributed by atoms with Crippen LogP contribution in [0.1, 0.15) is 5.56 Å². The monoisotopic (exact) mass is 296 g/mol. The number of ether oxygens (including phenoxy) is 2. The fourth-order valence-electron chi connectivity index (χ4n) is 1.64. The third-order valence-corrected chi connectivity index (χ3v) is 2.49. The maximum atomic E-state index is 5.65. The lowest BCUT2D eigenvalue weighted by molar-refractivity contribution is 0.323. The van der Waals surface area contributed by atoms with Gasteiger partial charge in [0.15, 0.2) is 11.5 Å². The van der Waals surface area contributed by atoms with Gasteiger partial charge in [0.25, 0.3) is 0 Å². The number of nitrogens with one attached hydrogen (secondary N) is 2. The Balaban J connectivity index is 0.00000200. The van der Waals surface area contributed by atoms with E-state index in [2.05, 4.69) is 27.1 Å². The fourth-order valence-corrected chi connectivity index (χ4v) is 1.64. The Kier molecular flexibility index (Phi) is 6.39. The van der Waals surface area contributed by atoms with E-state index < -0.39 is 0 Å². The number of rotatable bonds is 7. The van der Waals surface area contributed by atoms with Gasteiger partial charge >= 0.3 is 0 Å². The molecule has 1 aromatic heterocycles. The Morgan fingerprint density at radius 2 is 2.30 bits per heavy atom. The molecule has 1 aromatic carbocycles. The molecule has 0 aliphatic carbocycles. The van der Waals surface area contributed by atoms with Crippen LogP contribution in [0.25, 0.3) is 0 Å². The van der Waals surface area contributed by atoms with Crippen LogP contribution < -0.4 is 14.8 Å². The van der Waals surface area contributed by atoms with E-state index in [1.165, 1.54) is 6.33 Å². The number of H-pyrrole nitrogens is 1. The number of nitrogens with zero attached hydrogens (tertiary/aromatic N) is 2. The molecule has 20 heavy (non-hydrogen) atoms. The van der Waals surface area contributed by atoms with Crippen molar-refractivity contribution in [3.63, 3.8) is 0 Å². The second-order valence-corrected chi connectivity index (χ2v) is 3.74. The molecular formula is C13H17ClN4O2. The topological polar surface area (TPSA) is 72.1 Å². The molecule has 0 aliphatic rings. The molecular weight excluding hydrogens is 280 g/mol. The van der Waals surface area contributed by atoms with Gasteiger partial charge in [-0.05, 0) is 6.07 Å². The molecule has 0 radical (unpaired) electrons. The summed E-state index contributed by atoms with van der Waals surface area (Å²) in [6.07, 6.45) is 3.14. The Labute approximate surface area is 123 Å². The Morgan fingerprint density at radius 3 is 2.95 bits per heavy atom. The Morgan fingerprint density at radius 1 is 1.45 bits per heavy atom. The second kappa shape index (κ2) is 8.06. The first-order chi connectivity index (χ1) is 9.35. The van der Waals surface area contributed by atoms with Crippen molar-refractivity contribution in [2.24, 2.45) is 0 Å². The minimum atomic E-state index is 0. The predicted molar refractivity (Wildman–Crippen MR) is 79.6 cm³/mol. The van der Waals surface area contributed by atoms with Gasteiger partial charge in [-0.2, -0.15) is 5.10 Å². The number of halogens is 1. The molecule has 0 atom stereocenters. The maximum absolute atomic E-state index is 5.65. The van der Waals surface area contributed by atoms with Gasteiger partial charge < -0.3 is 14.8 Å². The highest BCUT2D eigenvalue weighted by Gasteiger charge is 2.10. The van der Waals surface area contributed by atoms with Crippen LogP contribution in [0.15, 0.2) is 37.2 Å². The third kappa shape index (κ3) is 3.89. The minimum absolute atomic E-state index is 0. The average molecular weight is 297 g/mol. The number of hydrogen-bond donors (Lipinski definition) is 2. The zero-order valence-corrected chi connectivity index (χ0v) is 11.9. The summed E-state index contributed by atoms with van der Waals surface area (Å²) in [6.45, 7) is 4.62. The molecule has 0 bridgehead atoms. The molecule has 0 aliphatic heterocycles. The van der Waals surface area contributed by atoms with Crippen LogP contribution in [0.2, 0.25) is 0 Å². The number of methoxy groups -OCH3 is 1. The van der Waals surface area contributed by atoms with Crippen molar-refractivity contribution in [2.75, 3.05) is 19.0 Å². The first-order valence-corrected chi connectivity index (χ1v) is 5.84. The predicted octanol–water partition coefficient (Wildman–Crippen LogP) is 2.41. The summed E-state index contributed by atoms with van der Waals surface area (Å²) in [5, 5.41) is 9.63. The van der Waals surface area contributed by atoms with Gasteiger partial charge in [0.1, 0.15) is 12.9 Å². The van der Waals surface area contributed by atoms with E-state index in [4.69, 9.17) is 9.47 Å². The largest absolute Gasteiger partial charge is 0.493 e. The average Bonchev–Trinajstić information content (AvgIpc) is 2.96. The molecule has 0 amide bonds. The van der Waals surface area contributed by atoms with E-state index in [9.17, 15) is 0 Å². The first-order valence-electron chi connectivity index (χ1n) is 5.84. The summed E-state index contributed by atoms with van der Waals surface area (Å²) in [7, 11) is 1.61. The highest BCUT2D eigenvalue weighted by molar-refractivity contribution is 5.85. The van der Waals surface area contributed by atoms with Gasteiger partial charge in [0.05, 0.1) is 7.11 Å². The van der Waals surface area contributed by atoms with Gasteiger partial charge in [-0.1, -0.05) is 24.8 Å². The van der Waals surface area contributed by atoms with Crippen LogP contribution >= 0.6 is 12.4 Å². The number of hydrogen-bond acceptors (Lipinski definition) is 5. The lowest BCUT2D eigenvalue weighted by atomic mass is 10.2. The second-order valence-electron chi connectivity index (χ2n) is 3.74. The zero-order chi connectivity index (χ0) is 13.5. The van der Waals surface area contributed by atoms with Crippen LogP contribution in [-0.4, -0.2) is 28.9 Å². The molecule has 108 valence electrons. The lowest BCUT2D eigenvalue weighted by Gasteiger charge is -2.14. The lowest BCUT2D eigenvalue weighted by Crippen LogP contribution is -2.05. The molecule has 0 spiro atoms. The summed E-state index contributed by atoms with van der Waals surface area (Å²) in [6, 6.07) is 5.73. The summed E-state index contributed by atoms with van der Waals surface area (Å²) < 4.78 is 10.9. The maximum Gasteiger partial charge on any atom is 0.218 e. The van der Waals surface area contributed by atoms with Crippen LogP contribution in [0.4, 0.5) is 5.95 Å². The molecule has 0 saturated carbocycles. The number of anilines is 1. The number of benzene rings is 1. The summed E-state index contributed by atoms with van der Waals surface area (Å²) in [5.74, 6) is 2.01. The molecule has 2 aromatic rings. The van der Waals surface area contributed by atoms with Crippen molar-refractivity contribution in [1.82, 2.24) is 15.2 Å². The van der Waals surface area contributed by atoms with E-state index >= 15 is 0 Å². The molecule has 1 heterocycles. The van der Waals surface area contributed by atoms with Crippen molar-refractivity contribution in [3.05, 3.63) is 42.7 Å². The zero-order valence-electron chi connectivity index (χ0n) is 11.1. The van der Waals surface area contributed by atoms with Gasteiger partial charge in [-0.15, -0.1) is 12.4 Å². The highest BCUT2D eigenvalue weighted by Crippen LogP contribution is 2.31. The van der Waals surface area contributed by atoms with Crippen molar-refractivity contribution in [1.29, 1.82) is 0 Å². The van der Waals surface area contributed by atoms with Crippen molar-refractivity contribution in [3.8, 4) is 11.5 Å². The number of aromatic amines is 1. The summed E-state index contributed by atoms with van der Waals surface area (Å²) >= 11 is 0. The van der Waals surface area contributed by atoms with Gasteiger partial charge in [0, 0.05) is 12.1 Å². The van der Waals surface area contributed by atoms with E-state index in [0.717, 1.165) is 5.56 Å². The molecule has 0 fully saturated rings. The molecule has 2 rings (SSSR count). The summed E-state index contributed by atoms with van der Waals surface area (Å²) in [5.41, 5.74) is 0.970. The van der Waals surface area contributed by atoms with Crippen molar-refractivity contribution >= 4 is 18.4 Å². The minimum Gasteiger partial charge on any atom is -0.493 e. The Bertz CT molecular complexity index is 531. The molecule has 0 unspecified atom stereocenters. The van der Waals surface area contributed by atoms with Gasteiger partial charge in [-0.3, -0.25) is 0 Å². The van der Waals surface area contributed by atoms with Crippen LogP contribution in [0.5, 0.6) is 11.5 Å². The molecule has 2 N–H and O–H groups in total. The quantitative estimate of drug-likeness (QED) is 0.768. The van der Waals surface area contributed by atoms with Crippen LogP contribution in [0.3, 0.4) is 0 Å². The highest BCUT2D eigenvalue weighted by atomic mass is 35.5. The van der Waals surface area contributed by atoms with E-state index in [1.807, 2.05) is 18.2 Å². The third-order valence-electron chi connectivity index (χ3n) is 2.49. The van der Waals surface area contributed by atoms with Crippen molar-refractivity contribution in [2.45, 2.75) is 6.54 Å². The number of para-hydroxylation sites is 1. The van der Waals surface area contributed by atoms with Gasteiger partial charge in [0.2, 0.25) is 5.95 Å². The first kappa shape index (κ1) is 15.8. The summed E-state index contributed by atoms with van der Waals surface area (Å²) in [4.78, 5) is 4.00. The van der Waals surface area contributed by atoms with E-state index in [-0.39, 0.29) is 12.4 Å². The van der Waals surface area contributed by atoms with Gasteiger partial charge in [-0.25, -0.2) is 10.1 Å². The fraction of sp³-hybridized carbons (Fsp3) is 0.231. The number of aromatic nitrogens is 3. The van der Waals surface area contributed by atoms with E-state index in [0.29, 0.717) is 30.6 Å². The normalized spacial score (nSPS) is 9.45. The molecule has 6 nitrogen and oxygen atoms in total. The van der Waals surface area contributed by atoms with Crippen LogP contribution in [0, 0.1) is 0 Å². The SMILES string of the molecule is C=CCOc1c(CNc2ncn[nH]2)cccc1OC.Cl.